The van der Waals surface area contributed by atoms with Gasteiger partial charge in [-0.3, -0.25) is 9.59 Å². The third kappa shape index (κ3) is 5.40. The number of halogens is 1. The van der Waals surface area contributed by atoms with Crippen molar-refractivity contribution in [3.8, 4) is 0 Å². The van der Waals surface area contributed by atoms with Gasteiger partial charge in [0.05, 0.1) is 6.54 Å². The molecular formula is C12H16FN3O2. The molecule has 2 amide bonds. The molecule has 0 aliphatic carbocycles. The van der Waals surface area contributed by atoms with Crippen molar-refractivity contribution in [1.29, 1.82) is 0 Å². The van der Waals surface area contributed by atoms with Gasteiger partial charge in [-0.05, 0) is 31.2 Å². The Morgan fingerprint density at radius 1 is 1.28 bits per heavy atom. The zero-order valence-electron chi connectivity index (χ0n) is 10.1. The average Bonchev–Trinajstić information content (AvgIpc) is 2.29. The van der Waals surface area contributed by atoms with Gasteiger partial charge in [-0.2, -0.15) is 0 Å². The second-order valence-corrected chi connectivity index (χ2v) is 4.01. The van der Waals surface area contributed by atoms with Crippen molar-refractivity contribution in [2.24, 2.45) is 5.73 Å². The number of nitrogens with two attached hydrogens (primary N) is 1. The zero-order valence-corrected chi connectivity index (χ0v) is 10.1. The van der Waals surface area contributed by atoms with Gasteiger partial charge < -0.3 is 16.4 Å². The Balaban J connectivity index is 2.34. The minimum atomic E-state index is -0.377. The molecule has 98 valence electrons. The van der Waals surface area contributed by atoms with Gasteiger partial charge in [-0.25, -0.2) is 4.39 Å². The van der Waals surface area contributed by atoms with Gasteiger partial charge in [0.1, 0.15) is 5.82 Å². The molecule has 1 atom stereocenters. The van der Waals surface area contributed by atoms with Crippen LogP contribution in [0.15, 0.2) is 24.3 Å². The molecule has 0 radical (unpaired) electrons. The molecule has 0 heterocycles. The third-order valence-corrected chi connectivity index (χ3v) is 2.08. The fourth-order valence-corrected chi connectivity index (χ4v) is 1.28. The minimum absolute atomic E-state index is 0.136. The van der Waals surface area contributed by atoms with E-state index in [-0.39, 0.29) is 36.6 Å². The summed E-state index contributed by atoms with van der Waals surface area (Å²) in [5.74, 6) is -1.03. The molecule has 0 bridgehead atoms. The van der Waals surface area contributed by atoms with Crippen LogP contribution in [-0.4, -0.2) is 24.4 Å². The van der Waals surface area contributed by atoms with Crippen molar-refractivity contribution >= 4 is 17.5 Å². The molecule has 1 rings (SSSR count). The lowest BCUT2D eigenvalue weighted by Crippen LogP contribution is -2.35. The van der Waals surface area contributed by atoms with Gasteiger partial charge >= 0.3 is 0 Å². The number of anilines is 1. The van der Waals surface area contributed by atoms with Crippen LogP contribution in [0.25, 0.3) is 0 Å². The molecule has 1 aromatic carbocycles. The summed E-state index contributed by atoms with van der Waals surface area (Å²) in [4.78, 5) is 22.7. The molecule has 1 aromatic rings. The summed E-state index contributed by atoms with van der Waals surface area (Å²) in [5.41, 5.74) is 5.92. The maximum atomic E-state index is 12.6. The molecular weight excluding hydrogens is 237 g/mol. The van der Waals surface area contributed by atoms with Gasteiger partial charge in [-0.15, -0.1) is 0 Å². The van der Waals surface area contributed by atoms with Gasteiger partial charge in [-0.1, -0.05) is 0 Å². The van der Waals surface area contributed by atoms with Crippen molar-refractivity contribution in [3.05, 3.63) is 30.1 Å². The smallest absolute Gasteiger partial charge is 0.243 e. The summed E-state index contributed by atoms with van der Waals surface area (Å²) in [6.45, 7) is 1.57. The van der Waals surface area contributed by atoms with Crippen LogP contribution in [0.2, 0.25) is 0 Å². The normalized spacial score (nSPS) is 11.7. The molecule has 0 aliphatic rings. The third-order valence-electron chi connectivity index (χ3n) is 2.08. The van der Waals surface area contributed by atoms with Crippen LogP contribution in [0.4, 0.5) is 10.1 Å². The van der Waals surface area contributed by atoms with Crippen molar-refractivity contribution in [1.82, 2.24) is 5.32 Å². The van der Waals surface area contributed by atoms with E-state index in [0.717, 1.165) is 0 Å². The second kappa shape index (κ2) is 6.70. The van der Waals surface area contributed by atoms with E-state index in [1.807, 2.05) is 0 Å². The van der Waals surface area contributed by atoms with Crippen LogP contribution in [0.5, 0.6) is 0 Å². The fraction of sp³-hybridized carbons (Fsp3) is 0.333. The van der Waals surface area contributed by atoms with E-state index >= 15 is 0 Å². The summed E-state index contributed by atoms with van der Waals surface area (Å²) < 4.78 is 12.6. The van der Waals surface area contributed by atoms with E-state index in [1.54, 1.807) is 6.92 Å². The first-order valence-electron chi connectivity index (χ1n) is 5.55. The molecule has 0 fully saturated rings. The molecule has 18 heavy (non-hydrogen) atoms. The van der Waals surface area contributed by atoms with E-state index in [2.05, 4.69) is 10.6 Å². The largest absolute Gasteiger partial charge is 0.347 e. The molecule has 0 spiro atoms. The molecule has 0 saturated heterocycles. The van der Waals surface area contributed by atoms with Crippen LogP contribution in [0.1, 0.15) is 13.3 Å². The zero-order chi connectivity index (χ0) is 13.5. The van der Waals surface area contributed by atoms with E-state index in [4.69, 9.17) is 5.73 Å². The SMILES string of the molecule is CC(N)CC(=O)NCC(=O)Nc1ccc(F)cc1. The van der Waals surface area contributed by atoms with Crippen LogP contribution >= 0.6 is 0 Å². The highest BCUT2D eigenvalue weighted by Gasteiger charge is 2.07. The Morgan fingerprint density at radius 2 is 1.89 bits per heavy atom. The second-order valence-electron chi connectivity index (χ2n) is 4.01. The minimum Gasteiger partial charge on any atom is -0.347 e. The molecule has 4 N–H and O–H groups in total. The lowest BCUT2D eigenvalue weighted by atomic mass is 10.2. The highest BCUT2D eigenvalue weighted by molar-refractivity contribution is 5.94. The topological polar surface area (TPSA) is 84.2 Å². The molecule has 5 nitrogen and oxygen atoms in total. The lowest BCUT2D eigenvalue weighted by Gasteiger charge is -2.08. The summed E-state index contributed by atoms with van der Waals surface area (Å²) in [6, 6.07) is 5.12. The Morgan fingerprint density at radius 3 is 2.44 bits per heavy atom. The number of carbonyl (C=O) groups is 2. The number of rotatable bonds is 5. The quantitative estimate of drug-likeness (QED) is 0.719. The molecule has 0 aromatic heterocycles. The first kappa shape index (κ1) is 14.1. The van der Waals surface area contributed by atoms with Crippen LogP contribution < -0.4 is 16.4 Å². The Bertz CT molecular complexity index is 418. The van der Waals surface area contributed by atoms with Crippen molar-refractivity contribution < 1.29 is 14.0 Å². The highest BCUT2D eigenvalue weighted by atomic mass is 19.1. The predicted molar refractivity (Wildman–Crippen MR) is 66.3 cm³/mol. The summed E-state index contributed by atoms with van der Waals surface area (Å²) >= 11 is 0. The van der Waals surface area contributed by atoms with Gasteiger partial charge in [0, 0.05) is 18.2 Å². The summed E-state index contributed by atoms with van der Waals surface area (Å²) in [6.07, 6.45) is 0.170. The number of nitrogens with one attached hydrogen (secondary N) is 2. The van der Waals surface area contributed by atoms with E-state index < -0.39 is 0 Å². The van der Waals surface area contributed by atoms with Gasteiger partial charge in [0.25, 0.3) is 0 Å². The number of carbonyl (C=O) groups excluding carboxylic acids is 2. The lowest BCUT2D eigenvalue weighted by molar-refractivity contribution is -0.124. The summed E-state index contributed by atoms with van der Waals surface area (Å²) in [5, 5.41) is 4.97. The van der Waals surface area contributed by atoms with E-state index in [9.17, 15) is 14.0 Å². The van der Waals surface area contributed by atoms with Crippen LogP contribution in [0, 0.1) is 5.82 Å². The number of amides is 2. The van der Waals surface area contributed by atoms with Crippen LogP contribution in [0.3, 0.4) is 0 Å². The average molecular weight is 253 g/mol. The Labute approximate surface area is 105 Å². The van der Waals surface area contributed by atoms with Gasteiger partial charge in [0.2, 0.25) is 11.8 Å². The first-order valence-corrected chi connectivity index (χ1v) is 5.55. The fourth-order valence-electron chi connectivity index (χ4n) is 1.28. The molecule has 0 aliphatic heterocycles. The van der Waals surface area contributed by atoms with Crippen molar-refractivity contribution in [2.45, 2.75) is 19.4 Å². The summed E-state index contributed by atoms with van der Waals surface area (Å²) in [7, 11) is 0. The number of benzene rings is 1. The number of hydrogen-bond donors (Lipinski definition) is 3. The number of hydrogen-bond acceptors (Lipinski definition) is 3. The monoisotopic (exact) mass is 253 g/mol. The molecule has 6 heteroatoms. The maximum Gasteiger partial charge on any atom is 0.243 e. The molecule has 1 unspecified atom stereocenters. The first-order chi connectivity index (χ1) is 8.47. The van der Waals surface area contributed by atoms with Crippen LogP contribution in [-0.2, 0) is 9.59 Å². The standard InChI is InChI=1S/C12H16FN3O2/c1-8(14)6-11(17)15-7-12(18)16-10-4-2-9(13)3-5-10/h2-5,8H,6-7,14H2,1H3,(H,15,17)(H,16,18). The molecule has 0 saturated carbocycles. The van der Waals surface area contributed by atoms with E-state index in [0.29, 0.717) is 5.69 Å². The Hall–Kier alpha value is -1.95. The predicted octanol–water partition coefficient (Wildman–Crippen LogP) is 0.618. The van der Waals surface area contributed by atoms with E-state index in [1.165, 1.54) is 24.3 Å². The van der Waals surface area contributed by atoms with Crippen molar-refractivity contribution in [3.63, 3.8) is 0 Å². The van der Waals surface area contributed by atoms with Gasteiger partial charge in [0.15, 0.2) is 0 Å². The maximum absolute atomic E-state index is 12.6. The van der Waals surface area contributed by atoms with Crippen molar-refractivity contribution in [2.75, 3.05) is 11.9 Å². The highest BCUT2D eigenvalue weighted by Crippen LogP contribution is 2.07. The Kier molecular flexibility index (Phi) is 5.26.